The van der Waals surface area contributed by atoms with Crippen molar-refractivity contribution in [2.75, 3.05) is 31.1 Å². The third-order valence-corrected chi connectivity index (χ3v) is 4.92. The summed E-state index contributed by atoms with van der Waals surface area (Å²) in [4.78, 5) is 32.7. The molecule has 27 heavy (non-hydrogen) atoms. The van der Waals surface area contributed by atoms with E-state index in [1.807, 2.05) is 23.1 Å². The number of carbonyl (C=O) groups is 2. The number of anilines is 1. The normalized spacial score (nSPS) is 17.1. The maximum atomic E-state index is 12.4. The maximum Gasteiger partial charge on any atom is 0.349 e. The van der Waals surface area contributed by atoms with Gasteiger partial charge in [-0.1, -0.05) is 37.3 Å². The minimum atomic E-state index is -1.57. The number of nitrogens with zero attached hydrogens (tertiary/aromatic N) is 3. The molecule has 1 aromatic heterocycles. The standard InChI is InChI=1S/C20H24N4O3/c1-2-18(25)22-20(19(26)27,16-6-4-3-5-7-16)24-14-12-23(13-15-24)17-8-10-21-11-9-17/h3-11H,2,12-15H2,1H3,(H,22,25)(H,26,27). The molecule has 0 spiro atoms. The molecule has 0 aliphatic carbocycles. The summed E-state index contributed by atoms with van der Waals surface area (Å²) < 4.78 is 0. The van der Waals surface area contributed by atoms with Gasteiger partial charge in [-0.2, -0.15) is 0 Å². The van der Waals surface area contributed by atoms with Gasteiger partial charge in [-0.15, -0.1) is 0 Å². The highest BCUT2D eigenvalue weighted by Crippen LogP contribution is 2.29. The average molecular weight is 368 g/mol. The van der Waals surface area contributed by atoms with Gasteiger partial charge in [0.15, 0.2) is 0 Å². The first-order chi connectivity index (χ1) is 13.1. The molecule has 1 aromatic carbocycles. The predicted octanol–water partition coefficient (Wildman–Crippen LogP) is 1.67. The van der Waals surface area contributed by atoms with E-state index in [9.17, 15) is 14.7 Å². The highest BCUT2D eigenvalue weighted by Gasteiger charge is 2.48. The largest absolute Gasteiger partial charge is 0.478 e. The smallest absolute Gasteiger partial charge is 0.349 e. The van der Waals surface area contributed by atoms with Gasteiger partial charge in [0, 0.05) is 56.2 Å². The predicted molar refractivity (Wildman–Crippen MR) is 102 cm³/mol. The zero-order chi connectivity index (χ0) is 19.3. The maximum absolute atomic E-state index is 12.4. The van der Waals surface area contributed by atoms with E-state index in [0.29, 0.717) is 31.7 Å². The van der Waals surface area contributed by atoms with Crippen LogP contribution in [0.5, 0.6) is 0 Å². The van der Waals surface area contributed by atoms with Gasteiger partial charge in [0.1, 0.15) is 0 Å². The number of amides is 1. The number of pyridine rings is 1. The van der Waals surface area contributed by atoms with E-state index in [-0.39, 0.29) is 12.3 Å². The van der Waals surface area contributed by atoms with Crippen LogP contribution in [-0.2, 0) is 15.3 Å². The summed E-state index contributed by atoms with van der Waals surface area (Å²) in [5.41, 5.74) is 0.0399. The van der Waals surface area contributed by atoms with E-state index in [1.165, 1.54) is 0 Å². The topological polar surface area (TPSA) is 85.8 Å². The van der Waals surface area contributed by atoms with Crippen molar-refractivity contribution >= 4 is 17.6 Å². The van der Waals surface area contributed by atoms with E-state index >= 15 is 0 Å². The molecule has 2 heterocycles. The Kier molecular flexibility index (Phi) is 5.71. The molecular weight excluding hydrogens is 344 g/mol. The molecule has 7 heteroatoms. The van der Waals surface area contributed by atoms with Crippen LogP contribution in [0.1, 0.15) is 18.9 Å². The van der Waals surface area contributed by atoms with Crippen molar-refractivity contribution in [2.45, 2.75) is 19.0 Å². The Morgan fingerprint density at radius 2 is 1.70 bits per heavy atom. The van der Waals surface area contributed by atoms with Crippen LogP contribution in [0.15, 0.2) is 54.9 Å². The molecule has 1 unspecified atom stereocenters. The number of benzene rings is 1. The summed E-state index contributed by atoms with van der Waals surface area (Å²) in [6.45, 7) is 4.05. The van der Waals surface area contributed by atoms with E-state index in [2.05, 4.69) is 15.2 Å². The quantitative estimate of drug-likeness (QED) is 0.807. The molecule has 1 saturated heterocycles. The lowest BCUT2D eigenvalue weighted by Gasteiger charge is -2.46. The first-order valence-corrected chi connectivity index (χ1v) is 9.08. The molecule has 142 valence electrons. The zero-order valence-corrected chi connectivity index (χ0v) is 15.3. The minimum Gasteiger partial charge on any atom is -0.478 e. The van der Waals surface area contributed by atoms with Gasteiger partial charge in [-0.05, 0) is 12.1 Å². The molecule has 1 aliphatic rings. The number of rotatable bonds is 6. The molecule has 2 aromatic rings. The second-order valence-corrected chi connectivity index (χ2v) is 6.46. The molecule has 7 nitrogen and oxygen atoms in total. The van der Waals surface area contributed by atoms with Gasteiger partial charge in [0.05, 0.1) is 0 Å². The lowest BCUT2D eigenvalue weighted by molar-refractivity contribution is -0.159. The van der Waals surface area contributed by atoms with E-state index < -0.39 is 11.6 Å². The Labute approximate surface area is 158 Å². The number of carboxylic acid groups (broad SMARTS) is 1. The highest BCUT2D eigenvalue weighted by atomic mass is 16.4. The van der Waals surface area contributed by atoms with Crippen LogP contribution in [-0.4, -0.2) is 53.0 Å². The van der Waals surface area contributed by atoms with Crippen LogP contribution in [0.2, 0.25) is 0 Å². The molecule has 1 amide bonds. The van der Waals surface area contributed by atoms with Gasteiger partial charge in [0.2, 0.25) is 11.6 Å². The fraction of sp³-hybridized carbons (Fsp3) is 0.350. The molecule has 0 saturated carbocycles. The van der Waals surface area contributed by atoms with Crippen LogP contribution in [0, 0.1) is 0 Å². The van der Waals surface area contributed by atoms with Crippen molar-refractivity contribution in [3.05, 3.63) is 60.4 Å². The Hall–Kier alpha value is -2.93. The van der Waals surface area contributed by atoms with Crippen LogP contribution in [0.4, 0.5) is 5.69 Å². The van der Waals surface area contributed by atoms with Crippen molar-refractivity contribution in [3.8, 4) is 0 Å². The highest BCUT2D eigenvalue weighted by molar-refractivity contribution is 5.87. The number of aliphatic carboxylic acids is 1. The number of piperazine rings is 1. The Morgan fingerprint density at radius 1 is 1.07 bits per heavy atom. The molecule has 0 bridgehead atoms. The van der Waals surface area contributed by atoms with Gasteiger partial charge in [0.25, 0.3) is 0 Å². The average Bonchev–Trinajstić information content (AvgIpc) is 2.73. The first kappa shape index (κ1) is 18.8. The monoisotopic (exact) mass is 368 g/mol. The van der Waals surface area contributed by atoms with E-state index in [0.717, 1.165) is 5.69 Å². The summed E-state index contributed by atoms with van der Waals surface area (Å²) in [6, 6.07) is 12.8. The summed E-state index contributed by atoms with van der Waals surface area (Å²) in [5.74, 6) is -1.37. The van der Waals surface area contributed by atoms with Gasteiger partial charge >= 0.3 is 5.97 Å². The number of aromatic nitrogens is 1. The molecule has 1 atom stereocenters. The van der Waals surface area contributed by atoms with Crippen molar-refractivity contribution < 1.29 is 14.7 Å². The van der Waals surface area contributed by atoms with Crippen LogP contribution >= 0.6 is 0 Å². The summed E-state index contributed by atoms with van der Waals surface area (Å²) in [6.07, 6.45) is 3.71. The summed E-state index contributed by atoms with van der Waals surface area (Å²) in [7, 11) is 0. The number of hydrogen-bond donors (Lipinski definition) is 2. The van der Waals surface area contributed by atoms with Crippen LogP contribution in [0.3, 0.4) is 0 Å². The molecule has 1 fully saturated rings. The lowest BCUT2D eigenvalue weighted by atomic mass is 9.95. The third-order valence-electron chi connectivity index (χ3n) is 4.92. The third kappa shape index (κ3) is 3.78. The van der Waals surface area contributed by atoms with Crippen molar-refractivity contribution in [1.29, 1.82) is 0 Å². The minimum absolute atomic E-state index is 0.221. The molecule has 1 aliphatic heterocycles. The summed E-state index contributed by atoms with van der Waals surface area (Å²) in [5, 5.41) is 13.0. The molecule has 3 rings (SSSR count). The second-order valence-electron chi connectivity index (χ2n) is 6.46. The Balaban J connectivity index is 1.90. The van der Waals surface area contributed by atoms with E-state index in [4.69, 9.17) is 0 Å². The van der Waals surface area contributed by atoms with Crippen molar-refractivity contribution in [1.82, 2.24) is 15.2 Å². The zero-order valence-electron chi connectivity index (χ0n) is 15.3. The first-order valence-electron chi connectivity index (χ1n) is 9.08. The van der Waals surface area contributed by atoms with E-state index in [1.54, 1.807) is 43.6 Å². The van der Waals surface area contributed by atoms with Gasteiger partial charge in [-0.25, -0.2) is 4.79 Å². The van der Waals surface area contributed by atoms with Crippen LogP contribution < -0.4 is 10.2 Å². The van der Waals surface area contributed by atoms with Crippen LogP contribution in [0.25, 0.3) is 0 Å². The lowest BCUT2D eigenvalue weighted by Crippen LogP contribution is -2.66. The number of carbonyl (C=O) groups excluding carboxylic acids is 1. The van der Waals surface area contributed by atoms with Crippen molar-refractivity contribution in [2.24, 2.45) is 0 Å². The Bertz CT molecular complexity index is 776. The fourth-order valence-corrected chi connectivity index (χ4v) is 3.47. The molecule has 0 radical (unpaired) electrons. The SMILES string of the molecule is CCC(=O)NC(C(=O)O)(c1ccccc1)N1CCN(c2ccncc2)CC1. The fourth-order valence-electron chi connectivity index (χ4n) is 3.47. The number of hydrogen-bond acceptors (Lipinski definition) is 5. The van der Waals surface area contributed by atoms with Crippen molar-refractivity contribution in [3.63, 3.8) is 0 Å². The Morgan fingerprint density at radius 3 is 2.26 bits per heavy atom. The number of carboxylic acids is 1. The molecule has 2 N–H and O–H groups in total. The van der Waals surface area contributed by atoms with Gasteiger partial charge < -0.3 is 15.3 Å². The van der Waals surface area contributed by atoms with Gasteiger partial charge in [-0.3, -0.25) is 14.7 Å². The second kappa shape index (κ2) is 8.18. The number of nitrogens with one attached hydrogen (secondary N) is 1. The molecular formula is C20H24N4O3. The summed E-state index contributed by atoms with van der Waals surface area (Å²) >= 11 is 0.